The number of phenols is 1. The van der Waals surface area contributed by atoms with Crippen molar-refractivity contribution >= 4 is 17.5 Å². The van der Waals surface area contributed by atoms with Crippen LogP contribution in [0.1, 0.15) is 10.6 Å². The summed E-state index contributed by atoms with van der Waals surface area (Å²) in [6.45, 7) is 0. The Bertz CT molecular complexity index is 637. The second-order valence-corrected chi connectivity index (χ2v) is 4.55. The Morgan fingerprint density at radius 3 is 2.68 bits per heavy atom. The molecule has 0 aliphatic carbocycles. The van der Waals surface area contributed by atoms with Gasteiger partial charge in [-0.3, -0.25) is 4.79 Å². The van der Waals surface area contributed by atoms with Crippen molar-refractivity contribution < 1.29 is 18.7 Å². The number of aromatic hydroxyl groups is 1. The lowest BCUT2D eigenvalue weighted by Gasteiger charge is -2.07. The van der Waals surface area contributed by atoms with Gasteiger partial charge in [0.2, 0.25) is 0 Å². The number of carbonyl (C=O) groups excluding carboxylic acids is 1. The molecular weight excluding hydrogens is 273 g/mol. The molecule has 2 aromatic rings. The Balaban J connectivity index is 2.44. The number of furan rings is 1. The van der Waals surface area contributed by atoms with Crippen molar-refractivity contribution in [3.05, 3.63) is 40.9 Å². The van der Waals surface area contributed by atoms with Gasteiger partial charge in [-0.1, -0.05) is 11.6 Å². The van der Waals surface area contributed by atoms with E-state index in [1.165, 1.54) is 23.1 Å². The molecule has 0 bridgehead atoms. The smallest absolute Gasteiger partial charge is 0.289 e. The molecule has 0 fully saturated rings. The number of amides is 1. The molecule has 0 saturated carbocycles. The number of nitrogens with zero attached hydrogens (tertiary/aromatic N) is 1. The quantitative estimate of drug-likeness (QED) is 0.921. The Hall–Kier alpha value is -2.01. The Kier molecular flexibility index (Phi) is 3.48. The van der Waals surface area contributed by atoms with Crippen LogP contribution < -0.4 is 0 Å². The molecule has 0 aliphatic rings. The summed E-state index contributed by atoms with van der Waals surface area (Å²) in [4.78, 5) is 13.0. The van der Waals surface area contributed by atoms with Crippen LogP contribution in [0.25, 0.3) is 11.3 Å². The van der Waals surface area contributed by atoms with Gasteiger partial charge in [0.25, 0.3) is 5.91 Å². The number of hydrogen-bond donors (Lipinski definition) is 1. The molecule has 0 radical (unpaired) electrons. The van der Waals surface area contributed by atoms with Crippen LogP contribution in [0, 0.1) is 5.82 Å². The summed E-state index contributed by atoms with van der Waals surface area (Å²) in [6.07, 6.45) is 0. The molecule has 1 aromatic heterocycles. The first-order valence-corrected chi connectivity index (χ1v) is 5.78. The standard InChI is InChI=1S/C13H11ClFNO3/c1-16(2)13(18)12-4-3-11(19-12)7-5-8(14)10(17)6-9(7)15/h3-6,17H,1-2H3. The molecule has 0 unspecified atom stereocenters. The van der Waals surface area contributed by atoms with Gasteiger partial charge in [0, 0.05) is 20.2 Å². The molecule has 0 atom stereocenters. The van der Waals surface area contributed by atoms with Gasteiger partial charge >= 0.3 is 0 Å². The van der Waals surface area contributed by atoms with E-state index in [-0.39, 0.29) is 33.8 Å². The fraction of sp³-hybridized carbons (Fsp3) is 0.154. The van der Waals surface area contributed by atoms with E-state index in [1.54, 1.807) is 14.1 Å². The number of halogens is 2. The average Bonchev–Trinajstić information content (AvgIpc) is 2.81. The van der Waals surface area contributed by atoms with Crippen LogP contribution in [0.4, 0.5) is 4.39 Å². The monoisotopic (exact) mass is 283 g/mol. The molecule has 1 aromatic carbocycles. The number of benzene rings is 1. The number of phenolic OH excluding ortho intramolecular Hbond substituents is 1. The zero-order valence-electron chi connectivity index (χ0n) is 10.3. The van der Waals surface area contributed by atoms with Crippen molar-refractivity contribution in [3.8, 4) is 17.1 Å². The Morgan fingerprint density at radius 2 is 2.05 bits per heavy atom. The van der Waals surface area contributed by atoms with Gasteiger partial charge in [-0.2, -0.15) is 0 Å². The van der Waals surface area contributed by atoms with E-state index in [0.29, 0.717) is 0 Å². The zero-order chi connectivity index (χ0) is 14.2. The summed E-state index contributed by atoms with van der Waals surface area (Å²) in [5, 5.41) is 9.28. The highest BCUT2D eigenvalue weighted by Gasteiger charge is 2.17. The minimum absolute atomic E-state index is 0.00767. The van der Waals surface area contributed by atoms with E-state index in [2.05, 4.69) is 0 Å². The fourth-order valence-electron chi connectivity index (χ4n) is 1.54. The molecule has 4 nitrogen and oxygen atoms in total. The topological polar surface area (TPSA) is 53.7 Å². The summed E-state index contributed by atoms with van der Waals surface area (Å²) in [5.41, 5.74) is 0.0839. The van der Waals surface area contributed by atoms with E-state index in [0.717, 1.165) is 6.07 Å². The molecule has 100 valence electrons. The van der Waals surface area contributed by atoms with E-state index >= 15 is 0 Å². The molecule has 0 saturated heterocycles. The van der Waals surface area contributed by atoms with E-state index in [1.807, 2.05) is 0 Å². The van der Waals surface area contributed by atoms with Crippen molar-refractivity contribution in [1.29, 1.82) is 0 Å². The van der Waals surface area contributed by atoms with Crippen LogP contribution >= 0.6 is 11.6 Å². The van der Waals surface area contributed by atoms with Crippen molar-refractivity contribution in [1.82, 2.24) is 4.90 Å². The average molecular weight is 284 g/mol. The van der Waals surface area contributed by atoms with Crippen LogP contribution in [-0.2, 0) is 0 Å². The Morgan fingerprint density at radius 1 is 1.37 bits per heavy atom. The van der Waals surface area contributed by atoms with E-state index in [9.17, 15) is 14.3 Å². The maximum Gasteiger partial charge on any atom is 0.289 e. The van der Waals surface area contributed by atoms with Crippen LogP contribution in [-0.4, -0.2) is 30.0 Å². The molecule has 1 amide bonds. The third-order valence-electron chi connectivity index (χ3n) is 2.52. The number of rotatable bonds is 2. The molecular formula is C13H11ClFNO3. The molecule has 1 heterocycles. The predicted molar refractivity (Wildman–Crippen MR) is 68.8 cm³/mol. The number of carbonyl (C=O) groups is 1. The molecule has 2 rings (SSSR count). The highest BCUT2D eigenvalue weighted by molar-refractivity contribution is 6.32. The van der Waals surface area contributed by atoms with Crippen molar-refractivity contribution in [2.24, 2.45) is 0 Å². The number of hydrogen-bond acceptors (Lipinski definition) is 3. The largest absolute Gasteiger partial charge is 0.506 e. The van der Waals surface area contributed by atoms with Crippen LogP contribution in [0.15, 0.2) is 28.7 Å². The highest BCUT2D eigenvalue weighted by Crippen LogP contribution is 2.33. The minimum Gasteiger partial charge on any atom is -0.506 e. The molecule has 6 heteroatoms. The van der Waals surface area contributed by atoms with Gasteiger partial charge in [-0.25, -0.2) is 4.39 Å². The minimum atomic E-state index is -0.680. The Labute approximate surface area is 114 Å². The highest BCUT2D eigenvalue weighted by atomic mass is 35.5. The fourth-order valence-corrected chi connectivity index (χ4v) is 1.71. The predicted octanol–water partition coefficient (Wildman–Crippen LogP) is 3.15. The van der Waals surface area contributed by atoms with Crippen LogP contribution in [0.5, 0.6) is 5.75 Å². The van der Waals surface area contributed by atoms with Crippen LogP contribution in [0.3, 0.4) is 0 Å². The third kappa shape index (κ3) is 2.56. The maximum absolute atomic E-state index is 13.7. The van der Waals surface area contributed by atoms with Crippen molar-refractivity contribution in [2.75, 3.05) is 14.1 Å². The second kappa shape index (κ2) is 4.93. The second-order valence-electron chi connectivity index (χ2n) is 4.15. The lowest BCUT2D eigenvalue weighted by Crippen LogP contribution is -2.20. The first kappa shape index (κ1) is 13.4. The van der Waals surface area contributed by atoms with Crippen LogP contribution in [0.2, 0.25) is 5.02 Å². The normalized spacial score (nSPS) is 10.5. The van der Waals surface area contributed by atoms with Gasteiger partial charge in [0.15, 0.2) is 5.76 Å². The first-order valence-electron chi connectivity index (χ1n) is 5.40. The molecule has 1 N–H and O–H groups in total. The summed E-state index contributed by atoms with van der Waals surface area (Å²) in [5.74, 6) is -1.08. The summed E-state index contributed by atoms with van der Waals surface area (Å²) >= 11 is 5.72. The molecule has 19 heavy (non-hydrogen) atoms. The lowest BCUT2D eigenvalue weighted by molar-refractivity contribution is 0.0797. The third-order valence-corrected chi connectivity index (χ3v) is 2.83. The van der Waals surface area contributed by atoms with Gasteiger partial charge in [-0.05, 0) is 18.2 Å². The van der Waals surface area contributed by atoms with E-state index in [4.69, 9.17) is 16.0 Å². The van der Waals surface area contributed by atoms with E-state index < -0.39 is 5.82 Å². The first-order chi connectivity index (χ1) is 8.90. The summed E-state index contributed by atoms with van der Waals surface area (Å²) in [6, 6.07) is 5.07. The van der Waals surface area contributed by atoms with Crippen molar-refractivity contribution in [3.63, 3.8) is 0 Å². The zero-order valence-corrected chi connectivity index (χ0v) is 11.0. The van der Waals surface area contributed by atoms with Gasteiger partial charge in [-0.15, -0.1) is 0 Å². The van der Waals surface area contributed by atoms with Gasteiger partial charge < -0.3 is 14.4 Å². The summed E-state index contributed by atoms with van der Waals surface area (Å²) < 4.78 is 19.0. The van der Waals surface area contributed by atoms with Crippen molar-refractivity contribution in [2.45, 2.75) is 0 Å². The lowest BCUT2D eigenvalue weighted by atomic mass is 10.1. The SMILES string of the molecule is CN(C)C(=O)c1ccc(-c2cc(Cl)c(O)cc2F)o1. The van der Waals surface area contributed by atoms with Gasteiger partial charge in [0.1, 0.15) is 17.3 Å². The maximum atomic E-state index is 13.7. The molecule has 0 spiro atoms. The van der Waals surface area contributed by atoms with Gasteiger partial charge in [0.05, 0.1) is 10.6 Å². The summed E-state index contributed by atoms with van der Waals surface area (Å²) in [7, 11) is 3.17. The molecule has 0 aliphatic heterocycles.